The number of benzene rings is 7. The molecular formula is C94H77BrFN33O7S3. The Hall–Kier alpha value is -17.3. The van der Waals surface area contributed by atoms with Crippen LogP contribution in [-0.4, -0.2) is 178 Å². The van der Waals surface area contributed by atoms with Gasteiger partial charge >= 0.3 is 0 Å². The number of aromatic nitrogens is 25. The van der Waals surface area contributed by atoms with E-state index in [1.807, 2.05) is 151 Å². The van der Waals surface area contributed by atoms with E-state index in [2.05, 4.69) is 84.2 Å². The normalized spacial score (nSPS) is 13.5. The van der Waals surface area contributed by atoms with E-state index in [1.54, 1.807) is 98.9 Å². The molecule has 0 fully saturated rings. The van der Waals surface area contributed by atoms with E-state index in [9.17, 15) is 38.9 Å². The standard InChI is InChI=1S/C25H19FN8O2S.C25H23N9O2.C25H20N8O2S.C19H15BrN8OS/c1-12-5-3-4-6-17(12)34-18(30-24-19(25(34)36)13(2)32-37-24)10-33-23-20(22(27)28-11-29-23)21(31-33)14-7-15(26)9-16(35)8-14;1-14-6-3-4-9-18(14)34-19(30-17-11-29-32(2)22(17)25(34)36)12-33-24-20(23(26)27-13-28-24)21(31-33)15-7-5-8-16(35)10-15;1-13-6-3-4-9-17(13)33-18(29-24-19(25(33)35)14(2)31-36-24)11-32-23-20(22(26)27-12-28-23)21(30-32)15-7-5-8-16(34)10-15;1-9-5-3-4-6-11(9)28-12(24-18-13(19(28)29)10(2)26-30-18)7-27-17-14(15(20)25-27)16(21)22-8-23-17/h3-9,11,35H,10H2,1-2H3,(H2,27,28,29);3-11,13,17,22,35H,12H2,1-2H3,(H2,26,27,28);3-10,12,34H,11H2,1-2H3,(H2,26,27,28);3-6,8H,7H2,1-2H3,(H2,21,22,23). The number of phenolic OH excluding ortho intramolecular Hbond substituents is 3. The van der Waals surface area contributed by atoms with Gasteiger partial charge in [0, 0.05) is 29.8 Å². The van der Waals surface area contributed by atoms with Gasteiger partial charge in [0.1, 0.15) is 165 Å². The lowest BCUT2D eigenvalue weighted by Gasteiger charge is -2.35. The highest BCUT2D eigenvalue weighted by Gasteiger charge is 2.45. The van der Waals surface area contributed by atoms with Crippen LogP contribution < -0.4 is 44.5 Å². The molecule has 2 atom stereocenters. The van der Waals surface area contributed by atoms with Gasteiger partial charge in [-0.2, -0.15) is 38.6 Å². The number of halogens is 2. The predicted molar refractivity (Wildman–Crippen MR) is 533 cm³/mol. The highest BCUT2D eigenvalue weighted by Crippen LogP contribution is 2.39. The van der Waals surface area contributed by atoms with Crippen molar-refractivity contribution in [3.05, 3.63) is 287 Å². The minimum Gasteiger partial charge on any atom is -0.508 e. The number of phenols is 3. The fourth-order valence-electron chi connectivity index (χ4n) is 17.0. The number of amidine groups is 1. The molecule has 0 spiro atoms. The van der Waals surface area contributed by atoms with E-state index in [1.165, 1.54) is 60.5 Å². The fraction of sp³-hybridized carbons (Fsp3) is 0.149. The minimum absolute atomic E-state index is 0.0463. The van der Waals surface area contributed by atoms with Crippen molar-refractivity contribution >= 4 is 172 Å². The summed E-state index contributed by atoms with van der Waals surface area (Å²) in [4.78, 5) is 111. The molecule has 45 heteroatoms. The number of hydrogen-bond acceptors (Lipinski definition) is 35. The van der Waals surface area contributed by atoms with E-state index in [0.29, 0.717) is 165 Å². The van der Waals surface area contributed by atoms with Crippen LogP contribution in [0.15, 0.2) is 218 Å². The number of carbonyl (C=O) groups excluding carboxylic acids is 1. The molecule has 11 N–H and O–H groups in total. The first kappa shape index (κ1) is 89.5. The van der Waals surface area contributed by atoms with Crippen LogP contribution in [0.3, 0.4) is 0 Å². The van der Waals surface area contributed by atoms with Gasteiger partial charge in [-0.15, -0.1) is 0 Å². The van der Waals surface area contributed by atoms with Gasteiger partial charge in [-0.25, -0.2) is 77.9 Å². The van der Waals surface area contributed by atoms with E-state index in [-0.39, 0.29) is 83.5 Å². The molecule has 2 unspecified atom stereocenters. The lowest BCUT2D eigenvalue weighted by molar-refractivity contribution is -0.122. The van der Waals surface area contributed by atoms with Crippen LogP contribution in [0.4, 0.5) is 33.3 Å². The number of para-hydroxylation sites is 4. The molecule has 2 aliphatic rings. The summed E-state index contributed by atoms with van der Waals surface area (Å²) in [6, 6.07) is 46.8. The predicted octanol–water partition coefficient (Wildman–Crippen LogP) is 12.5. The molecule has 692 valence electrons. The minimum atomic E-state index is -0.630. The van der Waals surface area contributed by atoms with Crippen molar-refractivity contribution in [2.24, 2.45) is 10.1 Å². The molecule has 0 saturated carbocycles. The van der Waals surface area contributed by atoms with Gasteiger partial charge in [0.2, 0.25) is 0 Å². The number of nitrogen functional groups attached to an aromatic ring is 4. The third kappa shape index (κ3) is 16.3. The molecule has 23 rings (SSSR count). The van der Waals surface area contributed by atoms with E-state index >= 15 is 0 Å². The first-order valence-corrected chi connectivity index (χ1v) is 45.9. The Morgan fingerprint density at radius 3 is 1.14 bits per heavy atom. The number of aryl methyl sites for hydroxylation is 7. The number of hydrogen-bond donors (Lipinski definition) is 7. The third-order valence-corrected chi connectivity index (χ3v) is 26.6. The molecule has 0 radical (unpaired) electrons. The van der Waals surface area contributed by atoms with Crippen molar-refractivity contribution in [1.82, 2.24) is 126 Å². The topological polar surface area (TPSA) is 531 Å². The molecule has 139 heavy (non-hydrogen) atoms. The Morgan fingerprint density at radius 2 is 0.748 bits per heavy atom. The number of hydrazone groups is 1. The Balaban J connectivity index is 0.000000114. The van der Waals surface area contributed by atoms with Crippen molar-refractivity contribution in [2.75, 3.05) is 34.9 Å². The molecule has 21 aromatic rings. The van der Waals surface area contributed by atoms with E-state index < -0.39 is 17.9 Å². The highest BCUT2D eigenvalue weighted by molar-refractivity contribution is 9.10. The van der Waals surface area contributed by atoms with Gasteiger partial charge in [0.25, 0.3) is 22.6 Å². The van der Waals surface area contributed by atoms with E-state index in [4.69, 9.17) is 53.1 Å². The molecule has 14 aromatic heterocycles. The summed E-state index contributed by atoms with van der Waals surface area (Å²) < 4.78 is 39.0. The van der Waals surface area contributed by atoms with Crippen molar-refractivity contribution in [3.8, 4) is 68.1 Å². The van der Waals surface area contributed by atoms with Gasteiger partial charge in [0.15, 0.2) is 43.1 Å². The summed E-state index contributed by atoms with van der Waals surface area (Å²) >= 11 is 6.99. The number of carbonyl (C=O) groups is 1. The smallest absolute Gasteiger partial charge is 0.268 e. The highest BCUT2D eigenvalue weighted by atomic mass is 79.9. The number of rotatable bonds is 15. The van der Waals surface area contributed by atoms with Gasteiger partial charge in [-0.3, -0.25) is 47.8 Å². The SMILES string of the molecule is Cc1ccccc1-n1c(Cn2nc(-c3cc(O)cc(F)c3)c3c(N)ncnc32)nc2snc(C)c2c1=O.Cc1ccccc1-n1c(Cn2nc(-c3cccc(O)c3)c3c(N)ncnc32)nc2snc(C)c2c1=O.Cc1ccccc1-n1c(Cn2nc(Br)c3c(N)ncnc32)nc2snc(C)c2c1=O.Cc1ccccc1N1C(=O)C2C(C=NN2C)N=C1Cn1nc(-c2cccc(O)c2)c2c(N)ncnc21. The average molecular weight is 1980 g/mol. The summed E-state index contributed by atoms with van der Waals surface area (Å²) in [6.07, 6.45) is 7.14. The zero-order valence-electron chi connectivity index (χ0n) is 74.7. The van der Waals surface area contributed by atoms with Crippen LogP contribution in [0.2, 0.25) is 0 Å². The molecular weight excluding hydrogens is 1900 g/mol. The van der Waals surface area contributed by atoms with Crippen molar-refractivity contribution < 1.29 is 24.5 Å². The van der Waals surface area contributed by atoms with Gasteiger partial charge in [-0.05, 0) is 182 Å². The second-order valence-corrected chi connectivity index (χ2v) is 35.6. The molecule has 16 heterocycles. The van der Waals surface area contributed by atoms with Crippen LogP contribution in [0.25, 0.3) is 126 Å². The molecule has 1 amide bonds. The zero-order valence-corrected chi connectivity index (χ0v) is 78.7. The summed E-state index contributed by atoms with van der Waals surface area (Å²) in [5.74, 6) is 2.15. The molecule has 2 aliphatic heterocycles. The molecule has 0 bridgehead atoms. The summed E-state index contributed by atoms with van der Waals surface area (Å²) in [6.45, 7) is 13.8. The van der Waals surface area contributed by atoms with Crippen molar-refractivity contribution in [3.63, 3.8) is 0 Å². The Morgan fingerprint density at radius 1 is 0.396 bits per heavy atom. The van der Waals surface area contributed by atoms with Gasteiger partial charge < -0.3 is 38.3 Å². The van der Waals surface area contributed by atoms with Crippen LogP contribution in [-0.2, 0) is 31.0 Å². The second-order valence-electron chi connectivity index (χ2n) is 32.6. The Labute approximate surface area is 804 Å². The average Bonchev–Trinajstić information content (AvgIpc) is 1.57. The van der Waals surface area contributed by atoms with Crippen molar-refractivity contribution in [1.29, 1.82) is 0 Å². The second kappa shape index (κ2) is 36.1. The number of fused-ring (bicyclic) bond motifs is 8. The Kier molecular flexibility index (Phi) is 23.3. The number of nitrogens with two attached hydrogens (primary N) is 4. The summed E-state index contributed by atoms with van der Waals surface area (Å²) in [5, 5.41) is 58.4. The first-order valence-electron chi connectivity index (χ1n) is 42.8. The molecule has 40 nitrogen and oxygen atoms in total. The van der Waals surface area contributed by atoms with Crippen LogP contribution in [0.1, 0.15) is 56.8 Å². The quantitative estimate of drug-likeness (QED) is 0.0501. The number of aliphatic imine (C=N–C) groups is 1. The third-order valence-electron chi connectivity index (χ3n) is 23.6. The monoisotopic (exact) mass is 1970 g/mol. The number of amides is 1. The largest absolute Gasteiger partial charge is 0.508 e. The lowest BCUT2D eigenvalue weighted by Crippen LogP contribution is -2.56. The zero-order chi connectivity index (χ0) is 96.8. The summed E-state index contributed by atoms with van der Waals surface area (Å²) in [7, 11) is 1.78. The number of likely N-dealkylation sites (N-methyl/N-ethyl adjacent to an activating group) is 1. The molecule has 0 saturated heterocycles. The van der Waals surface area contributed by atoms with Crippen molar-refractivity contribution in [2.45, 2.75) is 86.7 Å². The fourth-order valence-corrected chi connectivity index (χ4v) is 20.0. The maximum absolute atomic E-state index is 14.1. The Bertz CT molecular complexity index is 8840. The first-order chi connectivity index (χ1) is 67.1. The maximum atomic E-state index is 14.1. The van der Waals surface area contributed by atoms with Crippen LogP contribution in [0.5, 0.6) is 17.2 Å². The van der Waals surface area contributed by atoms with Gasteiger partial charge in [0.05, 0.1) is 67.6 Å². The number of anilines is 5. The number of aromatic hydroxyl groups is 3. The van der Waals surface area contributed by atoms with Gasteiger partial charge in [-0.1, -0.05) is 97.1 Å². The van der Waals surface area contributed by atoms with E-state index in [0.717, 1.165) is 56.9 Å². The summed E-state index contributed by atoms with van der Waals surface area (Å²) in [5.41, 5.74) is 37.6. The van der Waals surface area contributed by atoms with Crippen LogP contribution >= 0.6 is 50.5 Å². The lowest BCUT2D eigenvalue weighted by atomic mass is 10.0. The molecule has 0 aliphatic carbocycles. The number of nitrogens with zero attached hydrogens (tertiary/aromatic N) is 29. The maximum Gasteiger partial charge on any atom is 0.268 e. The van der Waals surface area contributed by atoms with Crippen LogP contribution in [0, 0.1) is 54.3 Å². The molecule has 7 aromatic carbocycles.